The summed E-state index contributed by atoms with van der Waals surface area (Å²) in [5, 5.41) is 9.13. The molecule has 7 heteroatoms. The molecule has 27 heavy (non-hydrogen) atoms. The molecule has 0 unspecified atom stereocenters. The third-order valence-electron chi connectivity index (χ3n) is 3.71. The zero-order valence-corrected chi connectivity index (χ0v) is 15.2. The van der Waals surface area contributed by atoms with Crippen molar-refractivity contribution < 1.29 is 13.5 Å². The largest absolute Gasteiger partial charge is 0.495 e. The number of anilines is 4. The molecule has 138 valence electrons. The average Bonchev–Trinajstić information content (AvgIpc) is 2.66. The molecule has 0 radical (unpaired) electrons. The summed E-state index contributed by atoms with van der Waals surface area (Å²) in [7, 11) is 1.62. The van der Waals surface area contributed by atoms with Crippen molar-refractivity contribution in [3.63, 3.8) is 0 Å². The quantitative estimate of drug-likeness (QED) is 0.505. The summed E-state index contributed by atoms with van der Waals surface area (Å²) in [6.45, 7) is 0. The molecule has 3 rings (SSSR count). The molecule has 0 saturated carbocycles. The van der Waals surface area contributed by atoms with Gasteiger partial charge in [-0.25, -0.2) is 8.78 Å². The molecule has 0 aliphatic rings. The highest BCUT2D eigenvalue weighted by atomic mass is 32.1. The van der Waals surface area contributed by atoms with Crippen LogP contribution < -0.4 is 20.7 Å². The maximum absolute atomic E-state index is 13.7. The Morgan fingerprint density at radius 1 is 0.852 bits per heavy atom. The predicted molar refractivity (Wildman–Crippen MR) is 109 cm³/mol. The van der Waals surface area contributed by atoms with Crippen molar-refractivity contribution >= 4 is 40.1 Å². The Morgan fingerprint density at radius 3 is 2.26 bits per heavy atom. The summed E-state index contributed by atoms with van der Waals surface area (Å²) >= 11 is 5.17. The summed E-state index contributed by atoms with van der Waals surface area (Å²) in [6, 6.07) is 18.2. The number of hydrogen-bond acceptors (Lipinski definition) is 3. The van der Waals surface area contributed by atoms with Crippen molar-refractivity contribution in [3.05, 3.63) is 78.4 Å². The molecule has 3 N–H and O–H groups in total. The zero-order chi connectivity index (χ0) is 19.2. The van der Waals surface area contributed by atoms with Gasteiger partial charge in [0.2, 0.25) is 0 Å². The molecule has 3 aromatic carbocycles. The lowest BCUT2D eigenvalue weighted by Crippen LogP contribution is -2.19. The second kappa shape index (κ2) is 8.46. The molecule has 0 aromatic heterocycles. The van der Waals surface area contributed by atoms with Crippen molar-refractivity contribution in [2.24, 2.45) is 0 Å². The molecule has 0 amide bonds. The van der Waals surface area contributed by atoms with Gasteiger partial charge < -0.3 is 20.7 Å². The fraction of sp³-hybridized carbons (Fsp3) is 0.0500. The molecule has 0 aliphatic heterocycles. The second-order valence-corrected chi connectivity index (χ2v) is 6.01. The Kier molecular flexibility index (Phi) is 5.83. The van der Waals surface area contributed by atoms with E-state index in [-0.39, 0.29) is 10.8 Å². The molecular formula is C20H17F2N3OS. The monoisotopic (exact) mass is 385 g/mol. The highest BCUT2D eigenvalue weighted by molar-refractivity contribution is 7.80. The van der Waals surface area contributed by atoms with E-state index in [4.69, 9.17) is 17.0 Å². The Bertz CT molecular complexity index is 948. The highest BCUT2D eigenvalue weighted by Crippen LogP contribution is 2.27. The molecule has 0 aliphatic carbocycles. The van der Waals surface area contributed by atoms with Gasteiger partial charge in [-0.05, 0) is 60.7 Å². The SMILES string of the molecule is COc1ccccc1Nc1ccc(NC(=S)Nc2ccc(F)cc2F)cc1. The standard InChI is InChI=1S/C20H17F2N3OS/c1-26-19-5-3-2-4-18(19)23-14-7-9-15(10-8-14)24-20(27)25-17-11-6-13(21)12-16(17)22/h2-12,23H,1H3,(H2,24,25,27). The van der Waals surface area contributed by atoms with E-state index in [1.807, 2.05) is 48.5 Å². The fourth-order valence-corrected chi connectivity index (χ4v) is 2.64. The first-order valence-corrected chi connectivity index (χ1v) is 8.49. The number of halogens is 2. The Balaban J connectivity index is 1.62. The van der Waals surface area contributed by atoms with Gasteiger partial charge in [0.25, 0.3) is 0 Å². The normalized spacial score (nSPS) is 10.2. The molecule has 0 fully saturated rings. The lowest BCUT2D eigenvalue weighted by atomic mass is 10.2. The summed E-state index contributed by atoms with van der Waals surface area (Å²) < 4.78 is 31.9. The minimum Gasteiger partial charge on any atom is -0.495 e. The second-order valence-electron chi connectivity index (χ2n) is 5.61. The van der Waals surface area contributed by atoms with E-state index in [2.05, 4.69) is 16.0 Å². The van der Waals surface area contributed by atoms with Crippen LogP contribution >= 0.6 is 12.2 Å². The van der Waals surface area contributed by atoms with Crippen LogP contribution in [0.5, 0.6) is 5.75 Å². The van der Waals surface area contributed by atoms with Crippen molar-refractivity contribution in [3.8, 4) is 5.75 Å². The predicted octanol–water partition coefficient (Wildman–Crippen LogP) is 5.53. The summed E-state index contributed by atoms with van der Waals surface area (Å²) in [4.78, 5) is 0. The fourth-order valence-electron chi connectivity index (χ4n) is 2.42. The molecule has 4 nitrogen and oxygen atoms in total. The molecule has 0 bridgehead atoms. The van der Waals surface area contributed by atoms with Gasteiger partial charge in [-0.1, -0.05) is 12.1 Å². The summed E-state index contributed by atoms with van der Waals surface area (Å²) in [5.74, 6) is -0.614. The van der Waals surface area contributed by atoms with E-state index in [9.17, 15) is 8.78 Å². The number of hydrogen-bond donors (Lipinski definition) is 3. The van der Waals surface area contributed by atoms with Gasteiger partial charge in [0.05, 0.1) is 18.5 Å². The van der Waals surface area contributed by atoms with Crippen LogP contribution in [0.1, 0.15) is 0 Å². The van der Waals surface area contributed by atoms with Gasteiger partial charge in [-0.2, -0.15) is 0 Å². The van der Waals surface area contributed by atoms with Gasteiger partial charge in [-0.15, -0.1) is 0 Å². The van der Waals surface area contributed by atoms with Crippen LogP contribution in [0.25, 0.3) is 0 Å². The van der Waals surface area contributed by atoms with E-state index >= 15 is 0 Å². The number of benzene rings is 3. The Morgan fingerprint density at radius 2 is 1.56 bits per heavy atom. The molecule has 0 spiro atoms. The highest BCUT2D eigenvalue weighted by Gasteiger charge is 2.06. The number of para-hydroxylation sites is 2. The van der Waals surface area contributed by atoms with Gasteiger partial charge in [0.1, 0.15) is 17.4 Å². The first-order chi connectivity index (χ1) is 13.0. The first-order valence-electron chi connectivity index (χ1n) is 8.08. The van der Waals surface area contributed by atoms with Gasteiger partial charge in [0.15, 0.2) is 5.11 Å². The lowest BCUT2D eigenvalue weighted by molar-refractivity contribution is 0.417. The van der Waals surface area contributed by atoms with E-state index in [1.54, 1.807) is 7.11 Å². The zero-order valence-electron chi connectivity index (χ0n) is 14.4. The summed E-state index contributed by atoms with van der Waals surface area (Å²) in [5.41, 5.74) is 2.54. The van der Waals surface area contributed by atoms with Crippen molar-refractivity contribution in [1.29, 1.82) is 0 Å². The van der Waals surface area contributed by atoms with E-state index in [0.29, 0.717) is 0 Å². The van der Waals surface area contributed by atoms with Crippen LogP contribution in [0.15, 0.2) is 66.7 Å². The lowest BCUT2D eigenvalue weighted by Gasteiger charge is -2.13. The van der Waals surface area contributed by atoms with Crippen LogP contribution in [0.4, 0.5) is 31.5 Å². The van der Waals surface area contributed by atoms with Gasteiger partial charge in [-0.3, -0.25) is 0 Å². The number of thiocarbonyl (C=S) groups is 1. The Hall–Kier alpha value is -3.19. The number of methoxy groups -OCH3 is 1. The molecule has 0 heterocycles. The van der Waals surface area contributed by atoms with Gasteiger partial charge in [0, 0.05) is 17.4 Å². The number of ether oxygens (including phenoxy) is 1. The third-order valence-corrected chi connectivity index (χ3v) is 3.91. The van der Waals surface area contributed by atoms with Crippen molar-refractivity contribution in [2.75, 3.05) is 23.1 Å². The Labute approximate surface area is 161 Å². The summed E-state index contributed by atoms with van der Waals surface area (Å²) in [6.07, 6.45) is 0. The maximum atomic E-state index is 13.7. The molecule has 0 saturated heterocycles. The molecule has 3 aromatic rings. The maximum Gasteiger partial charge on any atom is 0.175 e. The van der Waals surface area contributed by atoms with Crippen LogP contribution in [-0.2, 0) is 0 Å². The van der Waals surface area contributed by atoms with Gasteiger partial charge >= 0.3 is 0 Å². The van der Waals surface area contributed by atoms with Crippen LogP contribution in [0, 0.1) is 11.6 Å². The minimum atomic E-state index is -0.712. The number of rotatable bonds is 5. The van der Waals surface area contributed by atoms with Crippen LogP contribution in [-0.4, -0.2) is 12.2 Å². The average molecular weight is 385 g/mol. The van der Waals surface area contributed by atoms with Crippen molar-refractivity contribution in [2.45, 2.75) is 0 Å². The minimum absolute atomic E-state index is 0.100. The topological polar surface area (TPSA) is 45.3 Å². The molecular weight excluding hydrogens is 368 g/mol. The van der Waals surface area contributed by atoms with E-state index in [0.717, 1.165) is 34.9 Å². The molecule has 0 atom stereocenters. The van der Waals surface area contributed by atoms with Crippen molar-refractivity contribution in [1.82, 2.24) is 0 Å². The third kappa shape index (κ3) is 4.92. The van der Waals surface area contributed by atoms with Crippen LogP contribution in [0.3, 0.4) is 0 Å². The van der Waals surface area contributed by atoms with E-state index < -0.39 is 11.6 Å². The van der Waals surface area contributed by atoms with E-state index in [1.165, 1.54) is 6.07 Å². The smallest absolute Gasteiger partial charge is 0.175 e. The number of nitrogens with one attached hydrogen (secondary N) is 3. The van der Waals surface area contributed by atoms with Crippen LogP contribution in [0.2, 0.25) is 0 Å². The first kappa shape index (κ1) is 18.6.